The van der Waals surface area contributed by atoms with E-state index in [0.717, 1.165) is 12.1 Å². The Bertz CT molecular complexity index is 952. The molecule has 0 fully saturated rings. The number of fused-ring (bicyclic) bond motifs is 1. The first-order valence-electron chi connectivity index (χ1n) is 7.65. The summed E-state index contributed by atoms with van der Waals surface area (Å²) in [5, 5.41) is 2.22. The first-order chi connectivity index (χ1) is 12.3. The van der Waals surface area contributed by atoms with Crippen molar-refractivity contribution in [3.63, 3.8) is 0 Å². The van der Waals surface area contributed by atoms with E-state index in [1.54, 1.807) is 6.92 Å². The van der Waals surface area contributed by atoms with Crippen LogP contribution in [0.5, 0.6) is 0 Å². The zero-order chi connectivity index (χ0) is 19.1. The Kier molecular flexibility index (Phi) is 4.58. The third-order valence-corrected chi connectivity index (χ3v) is 4.25. The molecule has 26 heavy (non-hydrogen) atoms. The van der Waals surface area contributed by atoms with E-state index in [1.807, 2.05) is 0 Å². The van der Waals surface area contributed by atoms with Crippen molar-refractivity contribution in [2.45, 2.75) is 13.1 Å². The minimum absolute atomic E-state index is 0.0687. The van der Waals surface area contributed by atoms with Gasteiger partial charge in [-0.05, 0) is 36.8 Å². The van der Waals surface area contributed by atoms with E-state index >= 15 is 0 Å². The van der Waals surface area contributed by atoms with Gasteiger partial charge < -0.3 is 5.32 Å². The predicted octanol–water partition coefficient (Wildman–Crippen LogP) is 4.56. The van der Waals surface area contributed by atoms with Gasteiger partial charge in [0.05, 0.1) is 16.7 Å². The largest absolute Gasteiger partial charge is 0.417 e. The Morgan fingerprint density at radius 3 is 2.50 bits per heavy atom. The van der Waals surface area contributed by atoms with Gasteiger partial charge in [-0.25, -0.2) is 0 Å². The van der Waals surface area contributed by atoms with Gasteiger partial charge in [0, 0.05) is 18.4 Å². The molecule has 0 bridgehead atoms. The lowest BCUT2D eigenvalue weighted by atomic mass is 9.86. The standard InChI is InChI=1S/C18H12ClF3N2O2/c1-2-23-9-5-6-10(12(8-9)18(20,21)22)13-14(19)17(26)15-11(16(13)25)4-3-7-24-15/h3-8,23H,2H2,1H3. The molecule has 1 aromatic carbocycles. The lowest BCUT2D eigenvalue weighted by molar-refractivity contribution is -0.137. The van der Waals surface area contributed by atoms with Crippen LogP contribution in [0.1, 0.15) is 38.9 Å². The number of carbonyl (C=O) groups excluding carboxylic acids is 2. The molecule has 3 rings (SSSR count). The van der Waals surface area contributed by atoms with Crippen LogP contribution in [0, 0.1) is 0 Å². The Labute approximate surface area is 151 Å². The molecule has 1 N–H and O–H groups in total. The number of Topliss-reactive ketones (excluding diaryl/α,β-unsaturated/α-hetero) is 2. The zero-order valence-corrected chi connectivity index (χ0v) is 14.2. The van der Waals surface area contributed by atoms with Gasteiger partial charge in [-0.1, -0.05) is 17.7 Å². The number of hydrogen-bond acceptors (Lipinski definition) is 4. The van der Waals surface area contributed by atoms with Crippen LogP contribution in [0.25, 0.3) is 5.57 Å². The second-order valence-corrected chi connectivity index (χ2v) is 5.91. The van der Waals surface area contributed by atoms with Crippen molar-refractivity contribution in [3.8, 4) is 0 Å². The summed E-state index contributed by atoms with van der Waals surface area (Å²) in [7, 11) is 0. The summed E-state index contributed by atoms with van der Waals surface area (Å²) < 4.78 is 40.7. The molecule has 0 radical (unpaired) electrons. The molecule has 4 nitrogen and oxygen atoms in total. The van der Waals surface area contributed by atoms with E-state index < -0.39 is 39.5 Å². The number of rotatable bonds is 3. The third-order valence-electron chi connectivity index (χ3n) is 3.89. The number of anilines is 1. The number of carbonyl (C=O) groups is 2. The molecule has 0 saturated carbocycles. The minimum Gasteiger partial charge on any atom is -0.385 e. The number of nitrogens with one attached hydrogen (secondary N) is 1. The molecule has 0 unspecified atom stereocenters. The van der Waals surface area contributed by atoms with E-state index in [9.17, 15) is 22.8 Å². The Hall–Kier alpha value is -2.67. The zero-order valence-electron chi connectivity index (χ0n) is 13.4. The summed E-state index contributed by atoms with van der Waals surface area (Å²) in [4.78, 5) is 28.9. The van der Waals surface area contributed by atoms with Crippen LogP contribution in [0.15, 0.2) is 41.6 Å². The van der Waals surface area contributed by atoms with Crippen molar-refractivity contribution in [2.75, 3.05) is 11.9 Å². The van der Waals surface area contributed by atoms with Crippen LogP contribution in [-0.2, 0) is 6.18 Å². The minimum atomic E-state index is -4.73. The molecule has 1 heterocycles. The summed E-state index contributed by atoms with van der Waals surface area (Å²) in [6.45, 7) is 2.17. The van der Waals surface area contributed by atoms with Gasteiger partial charge >= 0.3 is 6.18 Å². The van der Waals surface area contributed by atoms with Crippen LogP contribution in [0.3, 0.4) is 0 Å². The quantitative estimate of drug-likeness (QED) is 0.848. The van der Waals surface area contributed by atoms with E-state index in [-0.39, 0.29) is 16.9 Å². The Morgan fingerprint density at radius 1 is 1.12 bits per heavy atom. The van der Waals surface area contributed by atoms with Gasteiger partial charge in [0.15, 0.2) is 5.78 Å². The van der Waals surface area contributed by atoms with Gasteiger partial charge in [-0.2, -0.15) is 13.2 Å². The number of nitrogens with zero attached hydrogens (tertiary/aromatic N) is 1. The smallest absolute Gasteiger partial charge is 0.385 e. The van der Waals surface area contributed by atoms with Crippen molar-refractivity contribution in [3.05, 3.63) is 63.9 Å². The van der Waals surface area contributed by atoms with Gasteiger partial charge in [-0.3, -0.25) is 14.6 Å². The molecule has 8 heteroatoms. The Morgan fingerprint density at radius 2 is 1.85 bits per heavy atom. The fraction of sp³-hybridized carbons (Fsp3) is 0.167. The molecular weight excluding hydrogens is 369 g/mol. The van der Waals surface area contributed by atoms with Crippen LogP contribution in [-0.4, -0.2) is 23.1 Å². The summed E-state index contributed by atoms with van der Waals surface area (Å²) in [5.74, 6) is -1.54. The molecule has 1 aromatic heterocycles. The second-order valence-electron chi connectivity index (χ2n) is 5.54. The monoisotopic (exact) mass is 380 g/mol. The SMILES string of the molecule is CCNc1ccc(C2=C(Cl)C(=O)c3ncccc3C2=O)c(C(F)(F)F)c1. The third kappa shape index (κ3) is 2.99. The highest BCUT2D eigenvalue weighted by atomic mass is 35.5. The highest BCUT2D eigenvalue weighted by molar-refractivity contribution is 6.56. The van der Waals surface area contributed by atoms with Crippen molar-refractivity contribution in [1.82, 2.24) is 4.98 Å². The molecule has 0 saturated heterocycles. The normalized spacial score (nSPS) is 14.5. The van der Waals surface area contributed by atoms with Crippen LogP contribution < -0.4 is 5.32 Å². The molecule has 0 aliphatic heterocycles. The first kappa shape index (κ1) is 18.1. The molecule has 1 aliphatic carbocycles. The number of halogens is 4. The number of aromatic nitrogens is 1. The number of hydrogen-bond donors (Lipinski definition) is 1. The van der Waals surface area contributed by atoms with Gasteiger partial charge in [0.25, 0.3) is 0 Å². The van der Waals surface area contributed by atoms with E-state index in [2.05, 4.69) is 10.3 Å². The first-order valence-corrected chi connectivity index (χ1v) is 8.03. The van der Waals surface area contributed by atoms with Crippen LogP contribution in [0.4, 0.5) is 18.9 Å². The molecule has 0 atom stereocenters. The summed E-state index contributed by atoms with van der Waals surface area (Å²) in [6, 6.07) is 6.21. The molecule has 0 amide bonds. The lowest BCUT2D eigenvalue weighted by Crippen LogP contribution is -2.22. The highest BCUT2D eigenvalue weighted by Crippen LogP contribution is 2.41. The fourth-order valence-electron chi connectivity index (χ4n) is 2.77. The van der Waals surface area contributed by atoms with Crippen LogP contribution in [0.2, 0.25) is 0 Å². The number of allylic oxidation sites excluding steroid dienone is 2. The summed E-state index contributed by atoms with van der Waals surface area (Å²) in [6.07, 6.45) is -3.42. The van der Waals surface area contributed by atoms with Gasteiger partial charge in [0.1, 0.15) is 10.7 Å². The summed E-state index contributed by atoms with van der Waals surface area (Å²) >= 11 is 6.00. The number of alkyl halides is 3. The maximum absolute atomic E-state index is 13.6. The molecule has 2 aromatic rings. The van der Waals surface area contributed by atoms with Crippen molar-refractivity contribution < 1.29 is 22.8 Å². The lowest BCUT2D eigenvalue weighted by Gasteiger charge is -2.21. The highest BCUT2D eigenvalue weighted by Gasteiger charge is 2.39. The Balaban J connectivity index is 2.25. The average Bonchev–Trinajstić information content (AvgIpc) is 2.60. The van der Waals surface area contributed by atoms with E-state index in [4.69, 9.17) is 11.6 Å². The molecule has 0 spiro atoms. The maximum atomic E-state index is 13.6. The predicted molar refractivity (Wildman–Crippen MR) is 91.3 cm³/mol. The topological polar surface area (TPSA) is 59.1 Å². The molecule has 134 valence electrons. The van der Waals surface area contributed by atoms with E-state index in [0.29, 0.717) is 6.54 Å². The molecule has 1 aliphatic rings. The number of benzene rings is 1. The van der Waals surface area contributed by atoms with Crippen LogP contribution >= 0.6 is 11.6 Å². The van der Waals surface area contributed by atoms with Crippen molar-refractivity contribution in [1.29, 1.82) is 0 Å². The van der Waals surface area contributed by atoms with Gasteiger partial charge in [-0.15, -0.1) is 0 Å². The van der Waals surface area contributed by atoms with Crippen molar-refractivity contribution >= 4 is 34.4 Å². The van der Waals surface area contributed by atoms with Gasteiger partial charge in [0.2, 0.25) is 5.78 Å². The van der Waals surface area contributed by atoms with E-state index in [1.165, 1.54) is 24.4 Å². The van der Waals surface area contributed by atoms with Crippen molar-refractivity contribution in [2.24, 2.45) is 0 Å². The number of pyridine rings is 1. The average molecular weight is 381 g/mol. The summed E-state index contributed by atoms with van der Waals surface area (Å²) in [5.41, 5.74) is -1.93. The maximum Gasteiger partial charge on any atom is 0.417 e. The second kappa shape index (κ2) is 6.57. The molecular formula is C18H12ClF3N2O2. The fourth-order valence-corrected chi connectivity index (χ4v) is 3.05. The number of ketones is 2.